The topological polar surface area (TPSA) is 58.6 Å². The van der Waals surface area contributed by atoms with Gasteiger partial charge in [-0.05, 0) is 56.6 Å². The fraction of sp³-hybridized carbons (Fsp3) is 0.500. The highest BCUT2D eigenvalue weighted by Crippen LogP contribution is 2.33. The molecular weight excluding hydrogens is 310 g/mol. The van der Waals surface area contributed by atoms with E-state index in [0.717, 1.165) is 23.3 Å². The van der Waals surface area contributed by atoms with E-state index in [1.54, 1.807) is 0 Å². The van der Waals surface area contributed by atoms with Gasteiger partial charge < -0.3 is 15.2 Å². The molecule has 0 bridgehead atoms. The first-order chi connectivity index (χ1) is 9.12. The normalized spacial score (nSPS) is 17.9. The molecule has 0 radical (unpaired) electrons. The maximum Gasteiger partial charge on any atom is 0.309 e. The van der Waals surface area contributed by atoms with Gasteiger partial charge in [0.05, 0.1) is 12.0 Å². The summed E-state index contributed by atoms with van der Waals surface area (Å²) >= 11 is 3.36. The summed E-state index contributed by atoms with van der Waals surface area (Å²) in [7, 11) is 0. The van der Waals surface area contributed by atoms with Crippen LogP contribution >= 0.6 is 15.9 Å². The predicted octanol–water partition coefficient (Wildman–Crippen LogP) is 2.67. The molecule has 5 heteroatoms. The van der Waals surface area contributed by atoms with Gasteiger partial charge >= 0.3 is 5.97 Å². The molecule has 4 nitrogen and oxygen atoms in total. The Bertz CT molecular complexity index is 427. The smallest absolute Gasteiger partial charge is 0.309 e. The Hall–Kier alpha value is -1.07. The predicted molar refractivity (Wildman–Crippen MR) is 76.4 cm³/mol. The molecule has 2 rings (SSSR count). The fourth-order valence-corrected chi connectivity index (χ4v) is 2.64. The maximum absolute atomic E-state index is 11.5. The molecular formula is C14H18BrNO3. The summed E-state index contributed by atoms with van der Waals surface area (Å²) in [5.74, 6) is 0.0751. The zero-order valence-corrected chi connectivity index (χ0v) is 12.3. The van der Waals surface area contributed by atoms with Crippen LogP contribution in [0, 0.1) is 5.41 Å². The van der Waals surface area contributed by atoms with Crippen molar-refractivity contribution in [2.75, 3.05) is 19.7 Å². The van der Waals surface area contributed by atoms with Crippen LogP contribution in [0.2, 0.25) is 0 Å². The zero-order valence-electron chi connectivity index (χ0n) is 10.7. The largest absolute Gasteiger partial charge is 0.494 e. The van der Waals surface area contributed by atoms with Gasteiger partial charge in [-0.3, -0.25) is 4.79 Å². The molecule has 1 fully saturated rings. The summed E-state index contributed by atoms with van der Waals surface area (Å²) in [4.78, 5) is 11.5. The van der Waals surface area contributed by atoms with Gasteiger partial charge in [0, 0.05) is 4.47 Å². The first-order valence-electron chi connectivity index (χ1n) is 6.45. The van der Waals surface area contributed by atoms with Gasteiger partial charge in [0.15, 0.2) is 0 Å². The first kappa shape index (κ1) is 14.3. The Labute approximate surface area is 121 Å². The number of halogens is 1. The van der Waals surface area contributed by atoms with Gasteiger partial charge in [-0.15, -0.1) is 0 Å². The lowest BCUT2D eigenvalue weighted by molar-refractivity contribution is -0.151. The molecule has 1 heterocycles. The highest BCUT2D eigenvalue weighted by molar-refractivity contribution is 9.10. The quantitative estimate of drug-likeness (QED) is 0.872. The van der Waals surface area contributed by atoms with Crippen LogP contribution in [0.5, 0.6) is 5.75 Å². The van der Waals surface area contributed by atoms with Crippen LogP contribution in [-0.4, -0.2) is 30.8 Å². The summed E-state index contributed by atoms with van der Waals surface area (Å²) in [6, 6.07) is 7.57. The number of benzene rings is 1. The van der Waals surface area contributed by atoms with E-state index in [1.807, 2.05) is 24.3 Å². The van der Waals surface area contributed by atoms with Crippen molar-refractivity contribution >= 4 is 21.9 Å². The summed E-state index contributed by atoms with van der Waals surface area (Å²) in [6.45, 7) is 1.98. The van der Waals surface area contributed by atoms with Crippen molar-refractivity contribution < 1.29 is 14.6 Å². The minimum absolute atomic E-state index is 0.438. The minimum atomic E-state index is -0.701. The van der Waals surface area contributed by atoms with Gasteiger partial charge in [-0.1, -0.05) is 15.9 Å². The molecule has 0 spiro atoms. The Morgan fingerprint density at radius 3 is 2.53 bits per heavy atom. The lowest BCUT2D eigenvalue weighted by atomic mass is 9.76. The third-order valence-electron chi connectivity index (χ3n) is 3.68. The van der Waals surface area contributed by atoms with Crippen molar-refractivity contribution in [2.45, 2.75) is 19.3 Å². The molecule has 0 amide bonds. The third kappa shape index (κ3) is 3.70. The number of carbonyl (C=O) groups is 1. The van der Waals surface area contributed by atoms with Crippen molar-refractivity contribution in [2.24, 2.45) is 5.41 Å². The number of hydrogen-bond acceptors (Lipinski definition) is 3. The van der Waals surface area contributed by atoms with Crippen LogP contribution in [0.4, 0.5) is 0 Å². The average molecular weight is 328 g/mol. The summed E-state index contributed by atoms with van der Waals surface area (Å²) in [5.41, 5.74) is -0.624. The molecule has 0 unspecified atom stereocenters. The fourth-order valence-electron chi connectivity index (χ4n) is 2.37. The number of nitrogens with one attached hydrogen (secondary N) is 1. The number of ether oxygens (including phenoxy) is 1. The van der Waals surface area contributed by atoms with Gasteiger partial charge in [-0.2, -0.15) is 0 Å². The molecule has 0 aromatic heterocycles. The summed E-state index contributed by atoms with van der Waals surface area (Å²) in [6.07, 6.45) is 1.90. The van der Waals surface area contributed by atoms with E-state index in [2.05, 4.69) is 21.2 Å². The van der Waals surface area contributed by atoms with Crippen LogP contribution in [0.3, 0.4) is 0 Å². The van der Waals surface area contributed by atoms with Crippen LogP contribution in [0.25, 0.3) is 0 Å². The zero-order chi connectivity index (χ0) is 13.7. The van der Waals surface area contributed by atoms with Crippen LogP contribution in [0.15, 0.2) is 28.7 Å². The Kier molecular flexibility index (Phi) is 4.82. The van der Waals surface area contributed by atoms with Crippen LogP contribution < -0.4 is 10.1 Å². The standard InChI is InChI=1S/C14H18BrNO3/c15-11-1-3-12(4-2-11)19-10-7-14(13(17)18)5-8-16-9-6-14/h1-4,16H,5-10H2,(H,17,18). The molecule has 19 heavy (non-hydrogen) atoms. The van der Waals surface area contributed by atoms with E-state index in [-0.39, 0.29) is 0 Å². The SMILES string of the molecule is O=C(O)C1(CCOc2ccc(Br)cc2)CCNCC1. The molecule has 1 saturated heterocycles. The summed E-state index contributed by atoms with van der Waals surface area (Å²) < 4.78 is 6.63. The number of rotatable bonds is 5. The number of carboxylic acid groups (broad SMARTS) is 1. The minimum Gasteiger partial charge on any atom is -0.494 e. The van der Waals surface area contributed by atoms with Gasteiger partial charge in [0.25, 0.3) is 0 Å². The molecule has 1 aliphatic rings. The molecule has 1 aliphatic heterocycles. The second-order valence-corrected chi connectivity index (χ2v) is 5.80. The van der Waals surface area contributed by atoms with Crippen LogP contribution in [-0.2, 0) is 4.79 Å². The van der Waals surface area contributed by atoms with Crippen LogP contribution in [0.1, 0.15) is 19.3 Å². The number of hydrogen-bond donors (Lipinski definition) is 2. The number of aliphatic carboxylic acids is 1. The van der Waals surface area contributed by atoms with E-state index in [9.17, 15) is 9.90 Å². The van der Waals surface area contributed by atoms with Crippen molar-refractivity contribution in [3.05, 3.63) is 28.7 Å². The molecule has 0 saturated carbocycles. The highest BCUT2D eigenvalue weighted by atomic mass is 79.9. The van der Waals surface area contributed by atoms with E-state index < -0.39 is 11.4 Å². The van der Waals surface area contributed by atoms with Gasteiger partial charge in [0.2, 0.25) is 0 Å². The first-order valence-corrected chi connectivity index (χ1v) is 7.24. The Balaban J connectivity index is 1.89. The van der Waals surface area contributed by atoms with Crippen molar-refractivity contribution in [1.29, 1.82) is 0 Å². The maximum atomic E-state index is 11.5. The second kappa shape index (κ2) is 6.39. The average Bonchev–Trinajstić information content (AvgIpc) is 2.42. The lowest BCUT2D eigenvalue weighted by Gasteiger charge is -2.33. The summed E-state index contributed by atoms with van der Waals surface area (Å²) in [5, 5.41) is 12.6. The lowest BCUT2D eigenvalue weighted by Crippen LogP contribution is -2.43. The molecule has 0 aliphatic carbocycles. The molecule has 1 aromatic rings. The molecule has 104 valence electrons. The third-order valence-corrected chi connectivity index (χ3v) is 4.21. The second-order valence-electron chi connectivity index (χ2n) is 4.89. The monoisotopic (exact) mass is 327 g/mol. The van der Waals surface area contributed by atoms with Crippen molar-refractivity contribution in [3.8, 4) is 5.75 Å². The molecule has 1 aromatic carbocycles. The van der Waals surface area contributed by atoms with Gasteiger partial charge in [0.1, 0.15) is 5.75 Å². The van der Waals surface area contributed by atoms with Gasteiger partial charge in [-0.25, -0.2) is 0 Å². The van der Waals surface area contributed by atoms with E-state index in [4.69, 9.17) is 4.74 Å². The van der Waals surface area contributed by atoms with E-state index >= 15 is 0 Å². The number of piperidine rings is 1. The van der Waals surface area contributed by atoms with Crippen molar-refractivity contribution in [3.63, 3.8) is 0 Å². The molecule has 0 atom stereocenters. The Morgan fingerprint density at radius 1 is 1.32 bits per heavy atom. The van der Waals surface area contributed by atoms with Crippen molar-refractivity contribution in [1.82, 2.24) is 5.32 Å². The highest BCUT2D eigenvalue weighted by Gasteiger charge is 2.39. The van der Waals surface area contributed by atoms with E-state index in [0.29, 0.717) is 25.9 Å². The Morgan fingerprint density at radius 2 is 1.95 bits per heavy atom. The number of carboxylic acids is 1. The van der Waals surface area contributed by atoms with E-state index in [1.165, 1.54) is 0 Å². The molecule has 2 N–H and O–H groups in total.